The van der Waals surface area contributed by atoms with Gasteiger partial charge < -0.3 is 10.0 Å². The van der Waals surface area contributed by atoms with Crippen molar-refractivity contribution >= 4 is 11.7 Å². The van der Waals surface area contributed by atoms with E-state index in [1.54, 1.807) is 36.4 Å². The molecule has 0 bridgehead atoms. The molecular weight excluding hydrogens is 230 g/mol. The molecule has 1 aromatic rings. The molecule has 0 aromatic heterocycles. The molecule has 1 aromatic carbocycles. The molecule has 0 unspecified atom stereocenters. The van der Waals surface area contributed by atoms with Crippen LogP contribution in [-0.2, 0) is 10.2 Å². The van der Waals surface area contributed by atoms with Gasteiger partial charge in [-0.1, -0.05) is 12.1 Å². The summed E-state index contributed by atoms with van der Waals surface area (Å²) >= 11 is 0. The molecule has 0 aliphatic rings. The van der Waals surface area contributed by atoms with Gasteiger partial charge in [-0.25, -0.2) is 0 Å². The minimum absolute atomic E-state index is 0.403. The van der Waals surface area contributed by atoms with Gasteiger partial charge in [-0.3, -0.25) is 4.79 Å². The topological polar surface area (TPSA) is 88.1 Å². The Kier molecular flexibility index (Phi) is 3.91. The molecule has 5 heteroatoms. The lowest BCUT2D eigenvalue weighted by Crippen LogP contribution is -2.25. The van der Waals surface area contributed by atoms with E-state index < -0.39 is 17.8 Å². The zero-order valence-electron chi connectivity index (χ0n) is 10.2. The summed E-state index contributed by atoms with van der Waals surface area (Å²) in [6.07, 6.45) is -0.526. The second kappa shape index (κ2) is 5.20. The molecule has 0 fully saturated rings. The number of carboxylic acids is 1. The first-order valence-corrected chi connectivity index (χ1v) is 5.27. The van der Waals surface area contributed by atoms with Crippen LogP contribution in [-0.4, -0.2) is 25.2 Å². The number of nitrogens with zero attached hydrogens (tertiary/aromatic N) is 3. The van der Waals surface area contributed by atoms with Crippen LogP contribution in [0, 0.1) is 22.7 Å². The van der Waals surface area contributed by atoms with Crippen LogP contribution in [0.15, 0.2) is 24.3 Å². The number of carboxylic acid groups (broad SMARTS) is 1. The fourth-order valence-electron chi connectivity index (χ4n) is 1.61. The zero-order valence-corrected chi connectivity index (χ0v) is 10.2. The van der Waals surface area contributed by atoms with Crippen LogP contribution >= 0.6 is 0 Å². The smallest absolute Gasteiger partial charge is 0.306 e. The molecule has 92 valence electrons. The van der Waals surface area contributed by atoms with Crippen molar-refractivity contribution in [2.45, 2.75) is 11.8 Å². The van der Waals surface area contributed by atoms with Gasteiger partial charge in [-0.15, -0.1) is 0 Å². The van der Waals surface area contributed by atoms with Crippen molar-refractivity contribution in [1.29, 1.82) is 10.5 Å². The molecule has 0 saturated carbocycles. The maximum absolute atomic E-state index is 10.8. The predicted octanol–water partition coefficient (Wildman–Crippen LogP) is 1.51. The second-order valence-electron chi connectivity index (χ2n) is 4.14. The Morgan fingerprint density at radius 1 is 1.28 bits per heavy atom. The van der Waals surface area contributed by atoms with Crippen molar-refractivity contribution in [1.82, 2.24) is 0 Å². The number of carbonyl (C=O) groups is 1. The van der Waals surface area contributed by atoms with Crippen molar-refractivity contribution in [3.63, 3.8) is 0 Å². The highest BCUT2D eigenvalue weighted by atomic mass is 16.4. The molecule has 0 aliphatic carbocycles. The Morgan fingerprint density at radius 2 is 1.78 bits per heavy atom. The first kappa shape index (κ1) is 13.5. The fraction of sp³-hybridized carbons (Fsp3) is 0.308. The normalized spacial score (nSPS) is 10.2. The molecule has 0 spiro atoms. The van der Waals surface area contributed by atoms with E-state index in [1.165, 1.54) is 0 Å². The lowest BCUT2D eigenvalue weighted by Gasteiger charge is -2.18. The van der Waals surface area contributed by atoms with Crippen LogP contribution in [0.4, 0.5) is 5.69 Å². The van der Waals surface area contributed by atoms with E-state index in [4.69, 9.17) is 15.6 Å². The van der Waals surface area contributed by atoms with Gasteiger partial charge in [-0.05, 0) is 17.7 Å². The number of rotatable bonds is 4. The Labute approximate surface area is 105 Å². The van der Waals surface area contributed by atoms with Gasteiger partial charge in [0.1, 0.15) is 0 Å². The quantitative estimate of drug-likeness (QED) is 0.865. The van der Waals surface area contributed by atoms with Crippen molar-refractivity contribution in [3.05, 3.63) is 29.8 Å². The van der Waals surface area contributed by atoms with Crippen molar-refractivity contribution < 1.29 is 9.90 Å². The number of benzene rings is 1. The van der Waals surface area contributed by atoms with Gasteiger partial charge in [0.05, 0.1) is 18.6 Å². The maximum Gasteiger partial charge on any atom is 0.306 e. The summed E-state index contributed by atoms with van der Waals surface area (Å²) in [6, 6.07) is 10.3. The largest absolute Gasteiger partial charge is 0.481 e. The Balaban J connectivity index is 3.20. The average Bonchev–Trinajstić information content (AvgIpc) is 2.36. The first-order chi connectivity index (χ1) is 8.45. The number of hydrogen-bond donors (Lipinski definition) is 1. The van der Waals surface area contributed by atoms with Gasteiger partial charge in [0.2, 0.25) is 0 Å². The standard InChI is InChI=1S/C13H13N3O2/c1-16(2)11-5-3-10(4-6-11)13(8-14,9-15)7-12(17)18/h3-6H,7H2,1-2H3,(H,17,18). The molecule has 18 heavy (non-hydrogen) atoms. The van der Waals surface area contributed by atoms with Crippen LogP contribution < -0.4 is 4.90 Å². The molecule has 0 atom stereocenters. The Hall–Kier alpha value is -2.53. The molecule has 0 heterocycles. The van der Waals surface area contributed by atoms with Gasteiger partial charge >= 0.3 is 5.97 Å². The summed E-state index contributed by atoms with van der Waals surface area (Å²) in [5, 5.41) is 27.0. The molecular formula is C13H13N3O2. The molecule has 1 rings (SSSR count). The first-order valence-electron chi connectivity index (χ1n) is 5.27. The lowest BCUT2D eigenvalue weighted by molar-refractivity contribution is -0.137. The number of nitriles is 2. The van der Waals surface area contributed by atoms with Crippen LogP contribution in [0.3, 0.4) is 0 Å². The van der Waals surface area contributed by atoms with Crippen molar-refractivity contribution in [3.8, 4) is 12.1 Å². The second-order valence-corrected chi connectivity index (χ2v) is 4.14. The van der Waals surface area contributed by atoms with Crippen molar-refractivity contribution in [2.24, 2.45) is 0 Å². The number of anilines is 1. The summed E-state index contributed by atoms with van der Waals surface area (Å²) in [4.78, 5) is 12.6. The highest BCUT2D eigenvalue weighted by Gasteiger charge is 2.35. The summed E-state index contributed by atoms with van der Waals surface area (Å²) in [5.41, 5.74) is -0.309. The Morgan fingerprint density at radius 3 is 2.11 bits per heavy atom. The maximum atomic E-state index is 10.8. The van der Waals surface area contributed by atoms with Gasteiger partial charge in [0.25, 0.3) is 0 Å². The van der Waals surface area contributed by atoms with Gasteiger partial charge in [-0.2, -0.15) is 10.5 Å². The van der Waals surface area contributed by atoms with Gasteiger partial charge in [0, 0.05) is 19.8 Å². The van der Waals surface area contributed by atoms with E-state index in [2.05, 4.69) is 0 Å². The van der Waals surface area contributed by atoms with Crippen molar-refractivity contribution in [2.75, 3.05) is 19.0 Å². The van der Waals surface area contributed by atoms with E-state index in [-0.39, 0.29) is 0 Å². The van der Waals surface area contributed by atoms with E-state index in [0.717, 1.165) is 5.69 Å². The van der Waals surface area contributed by atoms with Gasteiger partial charge in [0.15, 0.2) is 5.41 Å². The molecule has 0 saturated heterocycles. The molecule has 0 radical (unpaired) electrons. The molecule has 0 amide bonds. The SMILES string of the molecule is CN(C)c1ccc(C(C#N)(C#N)CC(=O)O)cc1. The monoisotopic (exact) mass is 243 g/mol. The molecule has 5 nitrogen and oxygen atoms in total. The summed E-state index contributed by atoms with van der Waals surface area (Å²) < 4.78 is 0. The fourth-order valence-corrected chi connectivity index (χ4v) is 1.61. The predicted molar refractivity (Wildman–Crippen MR) is 65.9 cm³/mol. The average molecular weight is 243 g/mol. The van der Waals surface area contributed by atoms with Crippen LogP contribution in [0.2, 0.25) is 0 Å². The summed E-state index contributed by atoms with van der Waals surface area (Å²) in [7, 11) is 3.74. The van der Waals surface area contributed by atoms with Crippen LogP contribution in [0.5, 0.6) is 0 Å². The minimum Gasteiger partial charge on any atom is -0.481 e. The zero-order chi connectivity index (χ0) is 13.8. The molecule has 1 N–H and O–H groups in total. The highest BCUT2D eigenvalue weighted by Crippen LogP contribution is 2.28. The third-order valence-electron chi connectivity index (χ3n) is 2.67. The lowest BCUT2D eigenvalue weighted by atomic mass is 9.80. The highest BCUT2D eigenvalue weighted by molar-refractivity contribution is 5.71. The summed E-state index contributed by atoms with van der Waals surface area (Å²) in [6.45, 7) is 0. The van der Waals surface area contributed by atoms with Crippen LogP contribution in [0.25, 0.3) is 0 Å². The molecule has 0 aliphatic heterocycles. The summed E-state index contributed by atoms with van der Waals surface area (Å²) in [5.74, 6) is -1.17. The minimum atomic E-state index is -1.63. The van der Waals surface area contributed by atoms with Crippen LogP contribution in [0.1, 0.15) is 12.0 Å². The van der Waals surface area contributed by atoms with E-state index in [1.807, 2.05) is 19.0 Å². The number of aliphatic carboxylic acids is 1. The van der Waals surface area contributed by atoms with E-state index >= 15 is 0 Å². The number of hydrogen-bond acceptors (Lipinski definition) is 4. The third kappa shape index (κ3) is 2.58. The Bertz CT molecular complexity index is 507. The van der Waals surface area contributed by atoms with E-state index in [0.29, 0.717) is 5.56 Å². The van der Waals surface area contributed by atoms with E-state index in [9.17, 15) is 4.79 Å². The third-order valence-corrected chi connectivity index (χ3v) is 2.67.